The molecule has 4 rings (SSSR count). The first-order chi connectivity index (χ1) is 16.5. The molecule has 0 heterocycles. The van der Waals surface area contributed by atoms with Crippen LogP contribution in [0.2, 0.25) is 0 Å². The van der Waals surface area contributed by atoms with Crippen LogP contribution in [0.25, 0.3) is 21.9 Å². The van der Waals surface area contributed by atoms with Gasteiger partial charge in [-0.3, -0.25) is 0 Å². The van der Waals surface area contributed by atoms with Crippen LogP contribution in [0, 0.1) is 29.3 Å². The molecule has 34 heavy (non-hydrogen) atoms. The number of rotatable bonds is 9. The Hall–Kier alpha value is -2.49. The Kier molecular flexibility index (Phi) is 8.18. The van der Waals surface area contributed by atoms with E-state index in [1.54, 1.807) is 12.1 Å². The molecular weight excluding hydrogens is 433 g/mol. The maximum absolute atomic E-state index is 15.3. The van der Waals surface area contributed by atoms with Gasteiger partial charge in [0.2, 0.25) is 0 Å². The van der Waals surface area contributed by atoms with Crippen LogP contribution < -0.4 is 4.74 Å². The SMILES string of the molecule is CCCCCC1CCC(CCc2ccc3c(F)c(-c4cc(F)c(OC)c(F)c4)ccc3c2)CC1. The minimum Gasteiger partial charge on any atom is -0.491 e. The van der Waals surface area contributed by atoms with Crippen molar-refractivity contribution in [3.05, 3.63) is 65.5 Å². The zero-order chi connectivity index (χ0) is 24.1. The van der Waals surface area contributed by atoms with Crippen molar-refractivity contribution in [2.45, 2.75) is 71.1 Å². The first-order valence-electron chi connectivity index (χ1n) is 12.7. The lowest BCUT2D eigenvalue weighted by molar-refractivity contribution is 0.249. The van der Waals surface area contributed by atoms with Crippen molar-refractivity contribution in [3.8, 4) is 16.9 Å². The molecule has 1 saturated carbocycles. The molecule has 0 bridgehead atoms. The van der Waals surface area contributed by atoms with Crippen molar-refractivity contribution in [1.82, 2.24) is 0 Å². The Morgan fingerprint density at radius 3 is 2.15 bits per heavy atom. The summed E-state index contributed by atoms with van der Waals surface area (Å²) in [5.74, 6) is -0.899. The van der Waals surface area contributed by atoms with Gasteiger partial charge < -0.3 is 4.74 Å². The zero-order valence-corrected chi connectivity index (χ0v) is 20.3. The first-order valence-corrected chi connectivity index (χ1v) is 12.7. The number of benzene rings is 3. The molecule has 0 aromatic heterocycles. The molecule has 0 atom stereocenters. The number of unbranched alkanes of at least 4 members (excludes halogenated alkanes) is 2. The van der Waals surface area contributed by atoms with Crippen LogP contribution >= 0.6 is 0 Å². The van der Waals surface area contributed by atoms with Crippen LogP contribution in [-0.2, 0) is 6.42 Å². The van der Waals surface area contributed by atoms with Gasteiger partial charge >= 0.3 is 0 Å². The molecule has 0 spiro atoms. The quantitative estimate of drug-likeness (QED) is 0.284. The van der Waals surface area contributed by atoms with Crippen LogP contribution in [0.1, 0.15) is 70.3 Å². The predicted molar refractivity (Wildman–Crippen MR) is 134 cm³/mol. The van der Waals surface area contributed by atoms with E-state index < -0.39 is 23.2 Å². The van der Waals surface area contributed by atoms with Gasteiger partial charge in [0.05, 0.1) is 7.11 Å². The van der Waals surface area contributed by atoms with Gasteiger partial charge in [0.25, 0.3) is 0 Å². The molecule has 0 amide bonds. The summed E-state index contributed by atoms with van der Waals surface area (Å²) >= 11 is 0. The monoisotopic (exact) mass is 468 g/mol. The number of fused-ring (bicyclic) bond motifs is 1. The molecule has 1 fully saturated rings. The molecule has 3 aromatic rings. The molecule has 0 N–H and O–H groups in total. The third kappa shape index (κ3) is 5.59. The summed E-state index contributed by atoms with van der Waals surface area (Å²) in [6, 6.07) is 11.5. The van der Waals surface area contributed by atoms with E-state index >= 15 is 4.39 Å². The fourth-order valence-corrected chi connectivity index (χ4v) is 5.49. The van der Waals surface area contributed by atoms with Gasteiger partial charge in [0.15, 0.2) is 17.4 Å². The molecule has 182 valence electrons. The van der Waals surface area contributed by atoms with Gasteiger partial charge in [-0.15, -0.1) is 0 Å². The normalized spacial score (nSPS) is 18.4. The van der Waals surface area contributed by atoms with Gasteiger partial charge in [0, 0.05) is 10.9 Å². The highest BCUT2D eigenvalue weighted by atomic mass is 19.1. The van der Waals surface area contributed by atoms with Gasteiger partial charge in [-0.1, -0.05) is 88.6 Å². The number of halogens is 3. The van der Waals surface area contributed by atoms with E-state index in [0.29, 0.717) is 5.39 Å². The summed E-state index contributed by atoms with van der Waals surface area (Å²) < 4.78 is 48.3. The highest BCUT2D eigenvalue weighted by Crippen LogP contribution is 2.36. The number of hydrogen-bond donors (Lipinski definition) is 0. The summed E-state index contributed by atoms with van der Waals surface area (Å²) in [5.41, 5.74) is 1.55. The van der Waals surface area contributed by atoms with E-state index in [1.807, 2.05) is 18.2 Å². The molecule has 1 aliphatic carbocycles. The maximum atomic E-state index is 15.3. The van der Waals surface area contributed by atoms with E-state index in [1.165, 1.54) is 70.5 Å². The molecule has 3 aromatic carbocycles. The van der Waals surface area contributed by atoms with E-state index in [0.717, 1.165) is 35.8 Å². The molecule has 1 nitrogen and oxygen atoms in total. The summed E-state index contributed by atoms with van der Waals surface area (Å²) in [6.07, 6.45) is 13.0. The summed E-state index contributed by atoms with van der Waals surface area (Å²) in [7, 11) is 1.20. The van der Waals surface area contributed by atoms with E-state index in [-0.39, 0.29) is 11.1 Å². The molecule has 0 aliphatic heterocycles. The smallest absolute Gasteiger partial charge is 0.190 e. The van der Waals surface area contributed by atoms with E-state index in [9.17, 15) is 8.78 Å². The standard InChI is InChI=1S/C30H35F3O/c1-3-4-5-6-20-7-9-21(10-8-20)11-12-22-13-15-25-23(17-22)14-16-26(29(25)33)24-18-27(31)30(34-2)28(32)19-24/h13-21H,3-12H2,1-2H3. The Balaban J connectivity index is 1.41. The molecule has 1 aliphatic rings. The third-order valence-corrected chi connectivity index (χ3v) is 7.56. The highest BCUT2D eigenvalue weighted by molar-refractivity contribution is 5.88. The van der Waals surface area contributed by atoms with Crippen molar-refractivity contribution >= 4 is 10.8 Å². The number of aryl methyl sites for hydroxylation is 1. The Labute approximate surface area is 201 Å². The Bertz CT molecular complexity index is 1090. The summed E-state index contributed by atoms with van der Waals surface area (Å²) in [6.45, 7) is 2.26. The van der Waals surface area contributed by atoms with E-state index in [4.69, 9.17) is 4.74 Å². The lowest BCUT2D eigenvalue weighted by Crippen LogP contribution is -2.15. The van der Waals surface area contributed by atoms with Crippen molar-refractivity contribution in [1.29, 1.82) is 0 Å². The van der Waals surface area contributed by atoms with Crippen LogP contribution in [0.4, 0.5) is 13.2 Å². The fourth-order valence-electron chi connectivity index (χ4n) is 5.49. The van der Waals surface area contributed by atoms with Crippen LogP contribution in [0.3, 0.4) is 0 Å². The second-order valence-corrected chi connectivity index (χ2v) is 9.88. The lowest BCUT2D eigenvalue weighted by atomic mass is 9.77. The zero-order valence-electron chi connectivity index (χ0n) is 20.3. The van der Waals surface area contributed by atoms with Crippen molar-refractivity contribution in [2.75, 3.05) is 7.11 Å². The number of hydrogen-bond acceptors (Lipinski definition) is 1. The number of ether oxygens (including phenoxy) is 1. The molecular formula is C30H35F3O. The van der Waals surface area contributed by atoms with Gasteiger partial charge in [-0.2, -0.15) is 0 Å². The topological polar surface area (TPSA) is 9.23 Å². The maximum Gasteiger partial charge on any atom is 0.190 e. The van der Waals surface area contributed by atoms with Crippen molar-refractivity contribution < 1.29 is 17.9 Å². The Morgan fingerprint density at radius 1 is 0.824 bits per heavy atom. The third-order valence-electron chi connectivity index (χ3n) is 7.56. The average Bonchev–Trinajstić information content (AvgIpc) is 2.83. The van der Waals surface area contributed by atoms with Crippen LogP contribution in [0.5, 0.6) is 5.75 Å². The van der Waals surface area contributed by atoms with Gasteiger partial charge in [-0.05, 0) is 53.3 Å². The second kappa shape index (κ2) is 11.3. The van der Waals surface area contributed by atoms with Crippen LogP contribution in [0.15, 0.2) is 42.5 Å². The minimum atomic E-state index is -0.845. The molecule has 0 radical (unpaired) electrons. The number of methoxy groups -OCH3 is 1. The van der Waals surface area contributed by atoms with Gasteiger partial charge in [-0.25, -0.2) is 13.2 Å². The molecule has 0 unspecified atom stereocenters. The lowest BCUT2D eigenvalue weighted by Gasteiger charge is -2.28. The summed E-state index contributed by atoms with van der Waals surface area (Å²) in [5, 5.41) is 1.28. The van der Waals surface area contributed by atoms with Crippen molar-refractivity contribution in [2.24, 2.45) is 11.8 Å². The second-order valence-electron chi connectivity index (χ2n) is 9.88. The highest BCUT2D eigenvalue weighted by Gasteiger charge is 2.21. The fraction of sp³-hybridized carbons (Fsp3) is 0.467. The molecule has 0 saturated heterocycles. The average molecular weight is 469 g/mol. The van der Waals surface area contributed by atoms with E-state index in [2.05, 4.69) is 6.92 Å². The predicted octanol–water partition coefficient (Wildman–Crippen LogP) is 9.25. The summed E-state index contributed by atoms with van der Waals surface area (Å²) in [4.78, 5) is 0. The van der Waals surface area contributed by atoms with Crippen LogP contribution in [-0.4, -0.2) is 7.11 Å². The minimum absolute atomic E-state index is 0.157. The largest absolute Gasteiger partial charge is 0.491 e. The van der Waals surface area contributed by atoms with Gasteiger partial charge in [0.1, 0.15) is 5.82 Å². The molecule has 4 heteroatoms. The first kappa shape index (κ1) is 24.6. The Morgan fingerprint density at radius 2 is 1.50 bits per heavy atom. The van der Waals surface area contributed by atoms with Crippen molar-refractivity contribution in [3.63, 3.8) is 0 Å².